The Hall–Kier alpha value is -3.87. The molecule has 4 aromatic rings. The van der Waals surface area contributed by atoms with Gasteiger partial charge in [0.1, 0.15) is 5.82 Å². The van der Waals surface area contributed by atoms with Gasteiger partial charge in [0.2, 0.25) is 0 Å². The van der Waals surface area contributed by atoms with Crippen molar-refractivity contribution in [2.75, 3.05) is 0 Å². The fourth-order valence-electron chi connectivity index (χ4n) is 4.73. The van der Waals surface area contributed by atoms with Crippen LogP contribution in [0, 0.1) is 11.7 Å². The highest BCUT2D eigenvalue weighted by Gasteiger charge is 2.24. The molecule has 1 fully saturated rings. The lowest BCUT2D eigenvalue weighted by Crippen LogP contribution is -2.16. The van der Waals surface area contributed by atoms with Crippen molar-refractivity contribution in [2.45, 2.75) is 38.0 Å². The summed E-state index contributed by atoms with van der Waals surface area (Å²) < 4.78 is 14.0. The zero-order chi connectivity index (χ0) is 23.5. The molecule has 1 aliphatic carbocycles. The van der Waals surface area contributed by atoms with Crippen LogP contribution in [-0.2, 0) is 4.79 Å². The predicted octanol–water partition coefficient (Wildman–Crippen LogP) is 6.09. The maximum Gasteiger partial charge on any atom is 0.303 e. The number of hydrogen-bond acceptors (Lipinski definition) is 4. The summed E-state index contributed by atoms with van der Waals surface area (Å²) in [7, 11) is 0. The molecule has 1 aliphatic rings. The lowest BCUT2D eigenvalue weighted by Gasteiger charge is -2.28. The smallest absolute Gasteiger partial charge is 0.303 e. The number of aliphatic carboxylic acids is 1. The molecule has 6 nitrogen and oxygen atoms in total. The van der Waals surface area contributed by atoms with Crippen LogP contribution in [0.15, 0.2) is 66.9 Å². The first-order valence-electron chi connectivity index (χ1n) is 11.5. The van der Waals surface area contributed by atoms with Crippen LogP contribution in [0.25, 0.3) is 34.0 Å². The van der Waals surface area contributed by atoms with Crippen molar-refractivity contribution in [3.05, 3.63) is 78.2 Å². The molecule has 7 heteroatoms. The van der Waals surface area contributed by atoms with Crippen LogP contribution in [0.3, 0.4) is 0 Å². The second kappa shape index (κ2) is 9.55. The summed E-state index contributed by atoms with van der Waals surface area (Å²) >= 11 is 0. The molecule has 0 saturated heterocycles. The number of hydrogen-bond donors (Lipinski definition) is 2. The van der Waals surface area contributed by atoms with Crippen molar-refractivity contribution in [2.24, 2.45) is 5.92 Å². The first-order chi connectivity index (χ1) is 16.6. The Morgan fingerprint density at radius 1 is 0.971 bits per heavy atom. The minimum atomic E-state index is -0.694. The van der Waals surface area contributed by atoms with E-state index < -0.39 is 5.97 Å². The molecule has 34 heavy (non-hydrogen) atoms. The van der Waals surface area contributed by atoms with E-state index in [0.717, 1.165) is 42.5 Å². The first kappa shape index (κ1) is 21.9. The largest absolute Gasteiger partial charge is 0.481 e. The van der Waals surface area contributed by atoms with Crippen LogP contribution in [0.5, 0.6) is 0 Å². The van der Waals surface area contributed by atoms with Crippen molar-refractivity contribution in [1.29, 1.82) is 0 Å². The molecule has 0 radical (unpaired) electrons. The van der Waals surface area contributed by atoms with E-state index in [0.29, 0.717) is 29.0 Å². The van der Waals surface area contributed by atoms with Gasteiger partial charge >= 0.3 is 5.97 Å². The van der Waals surface area contributed by atoms with Crippen molar-refractivity contribution in [3.63, 3.8) is 0 Å². The minimum Gasteiger partial charge on any atom is -0.481 e. The van der Waals surface area contributed by atoms with E-state index in [-0.39, 0.29) is 12.2 Å². The summed E-state index contributed by atoms with van der Waals surface area (Å²) in [4.78, 5) is 19.9. The lowest BCUT2D eigenvalue weighted by atomic mass is 9.77. The van der Waals surface area contributed by atoms with Gasteiger partial charge in [-0.05, 0) is 67.3 Å². The van der Waals surface area contributed by atoms with Crippen LogP contribution in [0.4, 0.5) is 4.39 Å². The fraction of sp³-hybridized carbons (Fsp3) is 0.259. The lowest BCUT2D eigenvalue weighted by molar-refractivity contribution is -0.138. The van der Waals surface area contributed by atoms with Gasteiger partial charge in [-0.25, -0.2) is 9.37 Å². The monoisotopic (exact) mass is 456 g/mol. The maximum absolute atomic E-state index is 14.0. The Morgan fingerprint density at radius 2 is 1.71 bits per heavy atom. The van der Waals surface area contributed by atoms with Crippen molar-refractivity contribution >= 4 is 5.97 Å². The van der Waals surface area contributed by atoms with Gasteiger partial charge in [-0.2, -0.15) is 5.10 Å². The molecular weight excluding hydrogens is 431 g/mol. The van der Waals surface area contributed by atoms with Crippen molar-refractivity contribution < 1.29 is 14.3 Å². The number of nitrogens with one attached hydrogen (secondary N) is 1. The van der Waals surface area contributed by atoms with E-state index in [1.807, 2.05) is 12.1 Å². The SMILES string of the molecule is O=C(O)C[C@H]1CC[C@H](c2ccc(-c3ccc(-c4nc(-c5ccccc5F)n[nH]4)cn3)cc2)CC1. The number of nitrogens with zero attached hydrogens (tertiary/aromatic N) is 3. The zero-order valence-corrected chi connectivity index (χ0v) is 18.6. The quantitative estimate of drug-likeness (QED) is 0.366. The maximum atomic E-state index is 14.0. The Bertz CT molecular complexity index is 1280. The third-order valence-electron chi connectivity index (χ3n) is 6.62. The van der Waals surface area contributed by atoms with Crippen LogP contribution in [0.1, 0.15) is 43.6 Å². The highest BCUT2D eigenvalue weighted by molar-refractivity contribution is 5.67. The van der Waals surface area contributed by atoms with E-state index in [2.05, 4.69) is 44.4 Å². The predicted molar refractivity (Wildman–Crippen MR) is 127 cm³/mol. The summed E-state index contributed by atoms with van der Waals surface area (Å²) in [6.45, 7) is 0. The summed E-state index contributed by atoms with van der Waals surface area (Å²) in [6, 6.07) is 18.8. The number of aromatic amines is 1. The molecule has 5 rings (SSSR count). The number of carboxylic acid groups (broad SMARTS) is 1. The molecule has 0 amide bonds. The fourth-order valence-corrected chi connectivity index (χ4v) is 4.73. The molecule has 0 bridgehead atoms. The molecule has 2 heterocycles. The van der Waals surface area contributed by atoms with E-state index in [1.54, 1.807) is 24.4 Å². The standard InChI is InChI=1S/C27H25FN4O2/c28-23-4-2-1-3-22(23)27-30-26(31-32-27)21-13-14-24(29-16-21)20-11-9-19(10-12-20)18-7-5-17(6-8-18)15-25(33)34/h1-4,9-14,16-18H,5-8,15H2,(H,33,34)(H,30,31,32)/t17-,18-. The number of H-pyrrole nitrogens is 1. The number of halogens is 1. The van der Waals surface area contributed by atoms with Gasteiger partial charge in [0.05, 0.1) is 11.3 Å². The third-order valence-corrected chi connectivity index (χ3v) is 6.62. The van der Waals surface area contributed by atoms with Gasteiger partial charge in [-0.1, -0.05) is 36.4 Å². The molecule has 0 spiro atoms. The average Bonchev–Trinajstić information content (AvgIpc) is 3.35. The summed E-state index contributed by atoms with van der Waals surface area (Å²) in [5.74, 6) is 0.585. The second-order valence-electron chi connectivity index (χ2n) is 8.86. The molecule has 2 aromatic carbocycles. The zero-order valence-electron chi connectivity index (χ0n) is 18.6. The Labute approximate surface area is 196 Å². The van der Waals surface area contributed by atoms with Gasteiger partial charge in [-0.3, -0.25) is 14.9 Å². The topological polar surface area (TPSA) is 91.8 Å². The molecule has 1 saturated carbocycles. The van der Waals surface area contributed by atoms with Crippen molar-refractivity contribution in [1.82, 2.24) is 20.2 Å². The number of pyridine rings is 1. The van der Waals surface area contributed by atoms with Gasteiger partial charge < -0.3 is 5.11 Å². The number of benzene rings is 2. The first-order valence-corrected chi connectivity index (χ1v) is 11.5. The van der Waals surface area contributed by atoms with Crippen molar-refractivity contribution in [3.8, 4) is 34.0 Å². The summed E-state index contributed by atoms with van der Waals surface area (Å²) in [5.41, 5.74) is 4.31. The molecule has 2 aromatic heterocycles. The van der Waals surface area contributed by atoms with Gasteiger partial charge in [0, 0.05) is 23.7 Å². The van der Waals surface area contributed by atoms with E-state index in [4.69, 9.17) is 5.11 Å². The molecule has 0 unspecified atom stereocenters. The second-order valence-corrected chi connectivity index (χ2v) is 8.86. The summed E-state index contributed by atoms with van der Waals surface area (Å²) in [6.07, 6.45) is 6.04. The van der Waals surface area contributed by atoms with E-state index in [1.165, 1.54) is 11.6 Å². The molecule has 2 N–H and O–H groups in total. The molecule has 0 aliphatic heterocycles. The van der Waals surface area contributed by atoms with Crippen LogP contribution < -0.4 is 0 Å². The number of carboxylic acids is 1. The average molecular weight is 457 g/mol. The minimum absolute atomic E-state index is 0.284. The molecule has 172 valence electrons. The van der Waals surface area contributed by atoms with Crippen LogP contribution >= 0.6 is 0 Å². The van der Waals surface area contributed by atoms with Gasteiger partial charge in [-0.15, -0.1) is 0 Å². The van der Waals surface area contributed by atoms with E-state index in [9.17, 15) is 9.18 Å². The molecular formula is C27H25FN4O2. The Kier molecular flexibility index (Phi) is 6.16. The Balaban J connectivity index is 1.26. The normalized spacial score (nSPS) is 18.0. The number of carbonyl (C=O) groups is 1. The summed E-state index contributed by atoms with van der Waals surface area (Å²) in [5, 5.41) is 16.0. The van der Waals surface area contributed by atoms with Crippen LogP contribution in [0.2, 0.25) is 0 Å². The molecule has 0 atom stereocenters. The Morgan fingerprint density at radius 3 is 2.38 bits per heavy atom. The van der Waals surface area contributed by atoms with Gasteiger partial charge in [0.15, 0.2) is 11.6 Å². The van der Waals surface area contributed by atoms with E-state index >= 15 is 0 Å². The van der Waals surface area contributed by atoms with Gasteiger partial charge in [0.25, 0.3) is 0 Å². The third kappa shape index (κ3) is 4.73. The highest BCUT2D eigenvalue weighted by Crippen LogP contribution is 2.37. The number of rotatable bonds is 6. The van der Waals surface area contributed by atoms with Crippen LogP contribution in [-0.4, -0.2) is 31.2 Å². The highest BCUT2D eigenvalue weighted by atomic mass is 19.1. The number of aromatic nitrogens is 4.